The van der Waals surface area contributed by atoms with E-state index >= 15 is 0 Å². The molecular weight excluding hydrogens is 178 g/mol. The van der Waals surface area contributed by atoms with Gasteiger partial charge in [-0.25, -0.2) is 0 Å². The Morgan fingerprint density at radius 2 is 1.86 bits per heavy atom. The molecule has 3 heteroatoms. The van der Waals surface area contributed by atoms with E-state index in [1.807, 2.05) is 13.8 Å². The Morgan fingerprint density at radius 1 is 1.21 bits per heavy atom. The van der Waals surface area contributed by atoms with E-state index in [0.717, 1.165) is 19.8 Å². The van der Waals surface area contributed by atoms with Crippen LogP contribution in [0.2, 0.25) is 0 Å². The largest absolute Gasteiger partial charge is 0.349 e. The highest BCUT2D eigenvalue weighted by Gasteiger charge is 2.27. The second-order valence-electron chi connectivity index (χ2n) is 4.38. The number of rotatable bonds is 5. The molecule has 0 aromatic heterocycles. The number of hydrogen-bond donors (Lipinski definition) is 1. The van der Waals surface area contributed by atoms with Gasteiger partial charge in [0.25, 0.3) is 0 Å². The predicted octanol–water partition coefficient (Wildman–Crippen LogP) is 1.92. The first-order valence-corrected chi connectivity index (χ1v) is 5.65. The Bertz CT molecular complexity index is 149. The zero-order valence-electron chi connectivity index (χ0n) is 9.64. The maximum Gasteiger partial charge on any atom is 0.162 e. The Morgan fingerprint density at radius 3 is 2.43 bits per heavy atom. The molecule has 1 saturated heterocycles. The highest BCUT2D eigenvalue weighted by atomic mass is 16.7. The molecular formula is C11H23NO2. The lowest BCUT2D eigenvalue weighted by Crippen LogP contribution is -2.48. The highest BCUT2D eigenvalue weighted by Crippen LogP contribution is 2.16. The first-order chi connectivity index (χ1) is 6.64. The molecule has 0 bridgehead atoms. The summed E-state index contributed by atoms with van der Waals surface area (Å²) in [5.41, 5.74) is 0. The summed E-state index contributed by atoms with van der Waals surface area (Å²) in [6, 6.07) is 0.375. The Balaban J connectivity index is 2.04. The van der Waals surface area contributed by atoms with Gasteiger partial charge in [0.15, 0.2) is 5.79 Å². The third kappa shape index (κ3) is 4.40. The van der Waals surface area contributed by atoms with Crippen molar-refractivity contribution in [2.75, 3.05) is 19.8 Å². The summed E-state index contributed by atoms with van der Waals surface area (Å²) >= 11 is 0. The molecule has 0 spiro atoms. The fourth-order valence-corrected chi connectivity index (χ4v) is 1.49. The van der Waals surface area contributed by atoms with Gasteiger partial charge in [0.1, 0.15) is 0 Å². The van der Waals surface area contributed by atoms with Crippen LogP contribution in [0.1, 0.15) is 40.0 Å². The van der Waals surface area contributed by atoms with Gasteiger partial charge in [0.2, 0.25) is 0 Å². The highest BCUT2D eigenvalue weighted by molar-refractivity contribution is 4.72. The van der Waals surface area contributed by atoms with E-state index in [0.29, 0.717) is 6.04 Å². The lowest BCUT2D eigenvalue weighted by molar-refractivity contribution is -0.252. The number of ether oxygens (including phenoxy) is 2. The van der Waals surface area contributed by atoms with Crippen molar-refractivity contribution in [3.8, 4) is 0 Å². The molecule has 0 aromatic rings. The molecule has 1 fully saturated rings. The smallest absolute Gasteiger partial charge is 0.162 e. The molecule has 1 aliphatic heterocycles. The first kappa shape index (κ1) is 12.0. The van der Waals surface area contributed by atoms with Crippen LogP contribution in [0.5, 0.6) is 0 Å². The number of hydrogen-bond acceptors (Lipinski definition) is 3. The summed E-state index contributed by atoms with van der Waals surface area (Å²) in [5.74, 6) is -0.387. The average Bonchev–Trinajstić information content (AvgIpc) is 2.15. The lowest BCUT2D eigenvalue weighted by atomic mass is 10.2. The number of unbranched alkanes of at least 4 members (excludes halogenated alkanes) is 2. The van der Waals surface area contributed by atoms with Gasteiger partial charge in [0.05, 0.1) is 19.3 Å². The molecule has 1 rings (SSSR count). The molecule has 0 amide bonds. The topological polar surface area (TPSA) is 30.5 Å². The first-order valence-electron chi connectivity index (χ1n) is 5.65. The van der Waals surface area contributed by atoms with Crippen molar-refractivity contribution < 1.29 is 9.47 Å². The Labute approximate surface area is 87.2 Å². The molecule has 0 atom stereocenters. The van der Waals surface area contributed by atoms with Crippen LogP contribution < -0.4 is 5.32 Å². The minimum Gasteiger partial charge on any atom is -0.349 e. The molecule has 14 heavy (non-hydrogen) atoms. The molecule has 3 nitrogen and oxygen atoms in total. The van der Waals surface area contributed by atoms with Crippen molar-refractivity contribution in [2.45, 2.75) is 51.9 Å². The van der Waals surface area contributed by atoms with Crippen LogP contribution in [-0.4, -0.2) is 31.6 Å². The van der Waals surface area contributed by atoms with Crippen LogP contribution in [0.4, 0.5) is 0 Å². The lowest BCUT2D eigenvalue weighted by Gasteiger charge is -2.35. The van der Waals surface area contributed by atoms with Gasteiger partial charge in [-0.2, -0.15) is 0 Å². The van der Waals surface area contributed by atoms with Crippen molar-refractivity contribution in [3.63, 3.8) is 0 Å². The van der Waals surface area contributed by atoms with E-state index < -0.39 is 0 Å². The molecule has 0 radical (unpaired) electrons. The van der Waals surface area contributed by atoms with E-state index in [4.69, 9.17) is 9.47 Å². The molecule has 0 aliphatic carbocycles. The fourth-order valence-electron chi connectivity index (χ4n) is 1.49. The minimum absolute atomic E-state index is 0.375. The van der Waals surface area contributed by atoms with E-state index in [2.05, 4.69) is 12.2 Å². The van der Waals surface area contributed by atoms with Crippen LogP contribution in [0.3, 0.4) is 0 Å². The average molecular weight is 201 g/mol. The van der Waals surface area contributed by atoms with Gasteiger partial charge in [-0.1, -0.05) is 19.8 Å². The molecule has 1 aliphatic rings. The second kappa shape index (κ2) is 5.69. The minimum atomic E-state index is -0.387. The zero-order valence-corrected chi connectivity index (χ0v) is 9.64. The van der Waals surface area contributed by atoms with Gasteiger partial charge in [-0.3, -0.25) is 0 Å². The van der Waals surface area contributed by atoms with E-state index in [1.54, 1.807) is 0 Å². The van der Waals surface area contributed by atoms with Gasteiger partial charge in [0, 0.05) is 0 Å². The van der Waals surface area contributed by atoms with Crippen molar-refractivity contribution in [1.29, 1.82) is 0 Å². The standard InChI is InChI=1S/C11H23NO2/c1-4-5-6-7-12-10-8-13-11(2,3)14-9-10/h10,12H,4-9H2,1-3H3. The van der Waals surface area contributed by atoms with Crippen molar-refractivity contribution in [3.05, 3.63) is 0 Å². The zero-order chi connectivity index (χ0) is 10.4. The Kier molecular flexibility index (Phi) is 4.85. The summed E-state index contributed by atoms with van der Waals surface area (Å²) in [7, 11) is 0. The second-order valence-corrected chi connectivity index (χ2v) is 4.38. The molecule has 0 unspecified atom stereocenters. The van der Waals surface area contributed by atoms with Crippen molar-refractivity contribution >= 4 is 0 Å². The van der Waals surface area contributed by atoms with Gasteiger partial charge in [-0.15, -0.1) is 0 Å². The predicted molar refractivity (Wildman–Crippen MR) is 57.3 cm³/mol. The summed E-state index contributed by atoms with van der Waals surface area (Å²) in [6.45, 7) is 8.74. The maximum absolute atomic E-state index is 5.55. The van der Waals surface area contributed by atoms with Crippen molar-refractivity contribution in [1.82, 2.24) is 5.32 Å². The normalized spacial score (nSPS) is 22.5. The third-order valence-corrected chi connectivity index (χ3v) is 2.48. The van der Waals surface area contributed by atoms with Gasteiger partial charge in [-0.05, 0) is 26.8 Å². The molecule has 0 saturated carbocycles. The van der Waals surface area contributed by atoms with E-state index in [1.165, 1.54) is 19.3 Å². The SMILES string of the molecule is CCCCCNC1COC(C)(C)OC1. The Hall–Kier alpha value is -0.120. The third-order valence-electron chi connectivity index (χ3n) is 2.48. The van der Waals surface area contributed by atoms with Crippen LogP contribution in [0, 0.1) is 0 Å². The van der Waals surface area contributed by atoms with Crippen LogP contribution >= 0.6 is 0 Å². The summed E-state index contributed by atoms with van der Waals surface area (Å²) in [6.07, 6.45) is 3.82. The summed E-state index contributed by atoms with van der Waals surface area (Å²) in [4.78, 5) is 0. The number of nitrogens with one attached hydrogen (secondary N) is 1. The maximum atomic E-state index is 5.55. The molecule has 1 heterocycles. The van der Waals surface area contributed by atoms with Crippen molar-refractivity contribution in [2.24, 2.45) is 0 Å². The van der Waals surface area contributed by atoms with Crippen LogP contribution in [0.15, 0.2) is 0 Å². The fraction of sp³-hybridized carbons (Fsp3) is 1.00. The summed E-state index contributed by atoms with van der Waals surface area (Å²) < 4.78 is 11.1. The van der Waals surface area contributed by atoms with E-state index in [9.17, 15) is 0 Å². The monoisotopic (exact) mass is 201 g/mol. The van der Waals surface area contributed by atoms with Crippen LogP contribution in [0.25, 0.3) is 0 Å². The molecule has 0 aromatic carbocycles. The quantitative estimate of drug-likeness (QED) is 0.689. The van der Waals surface area contributed by atoms with E-state index in [-0.39, 0.29) is 5.79 Å². The molecule has 84 valence electrons. The van der Waals surface area contributed by atoms with Gasteiger partial charge < -0.3 is 14.8 Å². The van der Waals surface area contributed by atoms with Crippen LogP contribution in [-0.2, 0) is 9.47 Å². The van der Waals surface area contributed by atoms with Gasteiger partial charge >= 0.3 is 0 Å². The summed E-state index contributed by atoms with van der Waals surface area (Å²) in [5, 5.41) is 3.44. The molecule has 1 N–H and O–H groups in total.